The number of imidazole rings is 1. The lowest BCUT2D eigenvalue weighted by Gasteiger charge is -2.05. The molecule has 0 fully saturated rings. The summed E-state index contributed by atoms with van der Waals surface area (Å²) in [4.78, 5) is 23.4. The van der Waals surface area contributed by atoms with Crippen LogP contribution in [0.2, 0.25) is 0 Å². The minimum Gasteiger partial charge on any atom is -0.443 e. The third-order valence-corrected chi connectivity index (χ3v) is 3.27. The second kappa shape index (κ2) is 4.45. The van der Waals surface area contributed by atoms with E-state index >= 15 is 0 Å². The number of aromatic nitrogens is 3. The smallest absolute Gasteiger partial charge is 0.255 e. The van der Waals surface area contributed by atoms with Crippen molar-refractivity contribution in [2.24, 2.45) is 0 Å². The fourth-order valence-corrected chi connectivity index (χ4v) is 2.22. The number of rotatable bonds is 2. The summed E-state index contributed by atoms with van der Waals surface area (Å²) in [7, 11) is 0. The molecule has 102 valence electrons. The second-order valence-electron chi connectivity index (χ2n) is 4.62. The van der Waals surface area contributed by atoms with Crippen LogP contribution in [0.15, 0.2) is 53.5 Å². The van der Waals surface area contributed by atoms with E-state index in [2.05, 4.69) is 20.3 Å². The van der Waals surface area contributed by atoms with Crippen LogP contribution in [-0.4, -0.2) is 20.9 Å². The van der Waals surface area contributed by atoms with Gasteiger partial charge in [-0.05, 0) is 36.4 Å². The van der Waals surface area contributed by atoms with E-state index < -0.39 is 0 Å². The Bertz CT molecular complexity index is 954. The zero-order chi connectivity index (χ0) is 14.2. The first-order valence-corrected chi connectivity index (χ1v) is 6.37. The Kier molecular flexibility index (Phi) is 2.47. The molecule has 6 nitrogen and oxygen atoms in total. The van der Waals surface area contributed by atoms with E-state index in [9.17, 15) is 4.79 Å². The third kappa shape index (κ3) is 2.02. The summed E-state index contributed by atoms with van der Waals surface area (Å²) in [5.74, 6) is -0.186. The van der Waals surface area contributed by atoms with Crippen LogP contribution in [0, 0.1) is 0 Å². The zero-order valence-corrected chi connectivity index (χ0v) is 10.8. The highest BCUT2D eigenvalue weighted by molar-refractivity contribution is 6.06. The number of aromatic amines is 1. The average molecular weight is 278 g/mol. The Hall–Kier alpha value is -3.15. The number of benzene rings is 2. The van der Waals surface area contributed by atoms with Crippen LogP contribution in [-0.2, 0) is 0 Å². The number of hydrogen-bond acceptors (Lipinski definition) is 4. The highest BCUT2D eigenvalue weighted by atomic mass is 16.3. The Morgan fingerprint density at radius 3 is 3.00 bits per heavy atom. The zero-order valence-electron chi connectivity index (χ0n) is 10.8. The highest BCUT2D eigenvalue weighted by Crippen LogP contribution is 2.19. The molecule has 2 N–H and O–H groups in total. The first-order valence-electron chi connectivity index (χ1n) is 6.37. The summed E-state index contributed by atoms with van der Waals surface area (Å²) in [6.45, 7) is 0. The quantitative estimate of drug-likeness (QED) is 0.590. The summed E-state index contributed by atoms with van der Waals surface area (Å²) in [6.07, 6.45) is 2.98. The molecule has 0 aliphatic rings. The number of anilines is 1. The molecule has 2 heterocycles. The van der Waals surface area contributed by atoms with E-state index in [-0.39, 0.29) is 5.91 Å². The largest absolute Gasteiger partial charge is 0.443 e. The summed E-state index contributed by atoms with van der Waals surface area (Å²) >= 11 is 0. The van der Waals surface area contributed by atoms with Gasteiger partial charge in [0.05, 0.1) is 17.4 Å². The molecule has 0 atom stereocenters. The van der Waals surface area contributed by atoms with E-state index in [1.807, 2.05) is 6.07 Å². The molecule has 0 spiro atoms. The van der Waals surface area contributed by atoms with Crippen LogP contribution in [0.5, 0.6) is 0 Å². The number of hydrogen-bond donors (Lipinski definition) is 2. The fourth-order valence-electron chi connectivity index (χ4n) is 2.22. The van der Waals surface area contributed by atoms with Crippen molar-refractivity contribution < 1.29 is 9.21 Å². The van der Waals surface area contributed by atoms with Crippen LogP contribution in [0.4, 0.5) is 5.69 Å². The minimum atomic E-state index is -0.186. The molecule has 4 rings (SSSR count). The van der Waals surface area contributed by atoms with Crippen molar-refractivity contribution in [1.29, 1.82) is 0 Å². The molecule has 21 heavy (non-hydrogen) atoms. The van der Waals surface area contributed by atoms with Gasteiger partial charge >= 0.3 is 0 Å². The molecule has 0 aliphatic carbocycles. The van der Waals surface area contributed by atoms with Crippen molar-refractivity contribution in [3.8, 4) is 0 Å². The predicted octanol–water partition coefficient (Wildman–Crippen LogP) is 2.96. The summed E-state index contributed by atoms with van der Waals surface area (Å²) in [6, 6.07) is 10.6. The Morgan fingerprint density at radius 2 is 2.05 bits per heavy atom. The molecule has 0 saturated heterocycles. The molecular weight excluding hydrogens is 268 g/mol. The van der Waals surface area contributed by atoms with Crippen LogP contribution < -0.4 is 5.32 Å². The van der Waals surface area contributed by atoms with Crippen molar-refractivity contribution in [2.75, 3.05) is 5.32 Å². The van der Waals surface area contributed by atoms with Gasteiger partial charge in [-0.2, -0.15) is 0 Å². The minimum absolute atomic E-state index is 0.186. The molecule has 0 saturated carbocycles. The number of nitrogens with one attached hydrogen (secondary N) is 2. The topological polar surface area (TPSA) is 83.8 Å². The average Bonchev–Trinajstić information content (AvgIpc) is 3.14. The summed E-state index contributed by atoms with van der Waals surface area (Å²) < 4.78 is 5.17. The standard InChI is InChI=1S/C15H10N4O2/c20-15(9-1-3-11-12(5-9)17-7-16-11)19-10-2-4-14-13(6-10)18-8-21-14/h1-8H,(H,16,17)(H,19,20). The number of fused-ring (bicyclic) bond motifs is 2. The number of amides is 1. The number of H-pyrrole nitrogens is 1. The summed E-state index contributed by atoms with van der Waals surface area (Å²) in [5, 5.41) is 2.84. The van der Waals surface area contributed by atoms with Gasteiger partial charge < -0.3 is 14.7 Å². The molecule has 0 bridgehead atoms. The SMILES string of the molecule is O=C(Nc1ccc2ocnc2c1)c1ccc2nc[nH]c2c1. The predicted molar refractivity (Wildman–Crippen MR) is 78.1 cm³/mol. The third-order valence-electron chi connectivity index (χ3n) is 3.27. The Balaban J connectivity index is 1.64. The first-order chi connectivity index (χ1) is 10.3. The fraction of sp³-hybridized carbons (Fsp3) is 0. The lowest BCUT2D eigenvalue weighted by Crippen LogP contribution is -2.11. The van der Waals surface area contributed by atoms with E-state index in [1.165, 1.54) is 6.39 Å². The maximum absolute atomic E-state index is 12.3. The molecule has 0 radical (unpaired) electrons. The maximum Gasteiger partial charge on any atom is 0.255 e. The molecule has 6 heteroatoms. The molecule has 0 aliphatic heterocycles. The van der Waals surface area contributed by atoms with Crippen molar-refractivity contribution >= 4 is 33.7 Å². The van der Waals surface area contributed by atoms with Gasteiger partial charge in [0.1, 0.15) is 5.52 Å². The monoisotopic (exact) mass is 278 g/mol. The van der Waals surface area contributed by atoms with Gasteiger partial charge in [-0.3, -0.25) is 4.79 Å². The van der Waals surface area contributed by atoms with Gasteiger partial charge in [0, 0.05) is 11.3 Å². The van der Waals surface area contributed by atoms with E-state index in [1.54, 1.807) is 36.7 Å². The summed E-state index contributed by atoms with van der Waals surface area (Å²) in [5.41, 5.74) is 4.28. The number of carbonyl (C=O) groups excluding carboxylic acids is 1. The molecular formula is C15H10N4O2. The van der Waals surface area contributed by atoms with Gasteiger partial charge in [-0.15, -0.1) is 0 Å². The molecule has 2 aromatic carbocycles. The van der Waals surface area contributed by atoms with E-state index in [4.69, 9.17) is 4.42 Å². The van der Waals surface area contributed by atoms with Crippen molar-refractivity contribution in [3.05, 3.63) is 54.7 Å². The maximum atomic E-state index is 12.3. The highest BCUT2D eigenvalue weighted by Gasteiger charge is 2.09. The van der Waals surface area contributed by atoms with Crippen molar-refractivity contribution in [3.63, 3.8) is 0 Å². The van der Waals surface area contributed by atoms with Gasteiger partial charge in [-0.1, -0.05) is 0 Å². The van der Waals surface area contributed by atoms with Gasteiger partial charge in [-0.25, -0.2) is 9.97 Å². The molecule has 1 amide bonds. The molecule has 0 unspecified atom stereocenters. The van der Waals surface area contributed by atoms with E-state index in [0.29, 0.717) is 22.4 Å². The van der Waals surface area contributed by atoms with Crippen LogP contribution in [0.25, 0.3) is 22.1 Å². The number of nitrogens with zero attached hydrogens (tertiary/aromatic N) is 2. The van der Waals surface area contributed by atoms with Crippen LogP contribution in [0.1, 0.15) is 10.4 Å². The first kappa shape index (κ1) is 11.7. The van der Waals surface area contributed by atoms with Gasteiger partial charge in [0.15, 0.2) is 12.0 Å². The molecule has 2 aromatic heterocycles. The Morgan fingerprint density at radius 1 is 1.10 bits per heavy atom. The van der Waals surface area contributed by atoms with Crippen LogP contribution >= 0.6 is 0 Å². The molecule has 4 aromatic rings. The normalized spacial score (nSPS) is 11.0. The van der Waals surface area contributed by atoms with Crippen molar-refractivity contribution in [2.45, 2.75) is 0 Å². The van der Waals surface area contributed by atoms with Gasteiger partial charge in [0.25, 0.3) is 5.91 Å². The lowest BCUT2D eigenvalue weighted by molar-refractivity contribution is 0.102. The van der Waals surface area contributed by atoms with Gasteiger partial charge in [0.2, 0.25) is 0 Å². The van der Waals surface area contributed by atoms with Crippen LogP contribution in [0.3, 0.4) is 0 Å². The Labute approximate surface area is 118 Å². The number of oxazole rings is 1. The lowest BCUT2D eigenvalue weighted by atomic mass is 10.2. The second-order valence-corrected chi connectivity index (χ2v) is 4.62. The van der Waals surface area contributed by atoms with Crippen molar-refractivity contribution in [1.82, 2.24) is 15.0 Å². The number of carbonyl (C=O) groups is 1. The van der Waals surface area contributed by atoms with E-state index in [0.717, 1.165) is 11.0 Å².